The van der Waals surface area contributed by atoms with E-state index < -0.39 is 5.54 Å². The Morgan fingerprint density at radius 3 is 2.32 bits per heavy atom. The third-order valence-electron chi connectivity index (χ3n) is 4.01. The lowest BCUT2D eigenvalue weighted by molar-refractivity contribution is 0.262. The Bertz CT molecular complexity index is 415. The highest BCUT2D eigenvalue weighted by atomic mass is 15.1. The van der Waals surface area contributed by atoms with Gasteiger partial charge in [0.05, 0.1) is 6.07 Å². The molecule has 3 heteroatoms. The van der Waals surface area contributed by atoms with Crippen molar-refractivity contribution in [2.24, 2.45) is 5.73 Å². The van der Waals surface area contributed by atoms with Gasteiger partial charge < -0.3 is 10.6 Å². The summed E-state index contributed by atoms with van der Waals surface area (Å²) in [5.41, 5.74) is 6.36. The van der Waals surface area contributed by atoms with E-state index in [1.807, 2.05) is 30.3 Å². The van der Waals surface area contributed by atoms with Crippen molar-refractivity contribution in [3.63, 3.8) is 0 Å². The lowest BCUT2D eigenvalue weighted by Crippen LogP contribution is -2.39. The molecular weight excluding hydrogens is 234 g/mol. The first-order chi connectivity index (χ1) is 9.24. The van der Waals surface area contributed by atoms with E-state index in [2.05, 4.69) is 11.0 Å². The number of benzene rings is 1. The zero-order chi connectivity index (χ0) is 13.6. The standard InChI is InChI=1S/C16H23N3/c17-14-16(18,15-8-4-3-5-9-15)10-13-19-11-6-1-2-7-12-19/h3-5,8-9H,1-2,6-7,10-13,18H2. The van der Waals surface area contributed by atoms with Crippen LogP contribution in [0.25, 0.3) is 0 Å². The van der Waals surface area contributed by atoms with Crippen LogP contribution in [0.15, 0.2) is 30.3 Å². The van der Waals surface area contributed by atoms with E-state index in [4.69, 9.17) is 5.73 Å². The van der Waals surface area contributed by atoms with E-state index in [9.17, 15) is 5.26 Å². The topological polar surface area (TPSA) is 53.1 Å². The third kappa shape index (κ3) is 3.79. The molecule has 3 nitrogen and oxygen atoms in total. The minimum Gasteiger partial charge on any atom is -0.310 e. The van der Waals surface area contributed by atoms with E-state index >= 15 is 0 Å². The van der Waals surface area contributed by atoms with Crippen LogP contribution < -0.4 is 5.73 Å². The summed E-state index contributed by atoms with van der Waals surface area (Å²) in [5, 5.41) is 9.43. The molecule has 1 heterocycles. The molecule has 0 aromatic heterocycles. The molecule has 1 aromatic rings. The molecule has 1 unspecified atom stereocenters. The molecule has 0 aliphatic carbocycles. The summed E-state index contributed by atoms with van der Waals surface area (Å²) in [6, 6.07) is 12.0. The van der Waals surface area contributed by atoms with Gasteiger partial charge in [-0.05, 0) is 37.9 Å². The fraction of sp³-hybridized carbons (Fsp3) is 0.562. The van der Waals surface area contributed by atoms with E-state index in [-0.39, 0.29) is 0 Å². The van der Waals surface area contributed by atoms with E-state index in [1.165, 1.54) is 25.7 Å². The monoisotopic (exact) mass is 257 g/mol. The molecule has 0 bridgehead atoms. The summed E-state index contributed by atoms with van der Waals surface area (Å²) in [4.78, 5) is 2.45. The van der Waals surface area contributed by atoms with E-state index in [0.29, 0.717) is 6.42 Å². The molecule has 1 aliphatic heterocycles. The zero-order valence-corrected chi connectivity index (χ0v) is 11.5. The first-order valence-electron chi connectivity index (χ1n) is 7.23. The maximum Gasteiger partial charge on any atom is 0.131 e. The van der Waals surface area contributed by atoms with Crippen molar-refractivity contribution in [2.75, 3.05) is 19.6 Å². The zero-order valence-electron chi connectivity index (χ0n) is 11.5. The van der Waals surface area contributed by atoms with Crippen molar-refractivity contribution in [3.05, 3.63) is 35.9 Å². The summed E-state index contributed by atoms with van der Waals surface area (Å²) in [5.74, 6) is 0. The Balaban J connectivity index is 1.97. The van der Waals surface area contributed by atoms with Crippen LogP contribution in [0.5, 0.6) is 0 Å². The summed E-state index contributed by atoms with van der Waals surface area (Å²) in [6.45, 7) is 3.21. The number of nitriles is 1. The Labute approximate surface area is 116 Å². The summed E-state index contributed by atoms with van der Waals surface area (Å²) >= 11 is 0. The molecule has 0 saturated carbocycles. The molecule has 1 saturated heterocycles. The second kappa shape index (κ2) is 6.70. The number of likely N-dealkylation sites (tertiary alicyclic amines) is 1. The SMILES string of the molecule is N#CC(N)(CCN1CCCCCC1)c1ccccc1. The number of nitrogens with two attached hydrogens (primary N) is 1. The van der Waals surface area contributed by atoms with Gasteiger partial charge in [0.25, 0.3) is 0 Å². The van der Waals surface area contributed by atoms with Gasteiger partial charge in [-0.25, -0.2) is 0 Å². The minimum atomic E-state index is -0.854. The molecule has 0 amide bonds. The quantitative estimate of drug-likeness (QED) is 0.902. The highest BCUT2D eigenvalue weighted by Crippen LogP contribution is 2.22. The average molecular weight is 257 g/mol. The Morgan fingerprint density at radius 2 is 1.74 bits per heavy atom. The largest absolute Gasteiger partial charge is 0.310 e. The van der Waals surface area contributed by atoms with E-state index in [1.54, 1.807) is 0 Å². The van der Waals surface area contributed by atoms with Crippen molar-refractivity contribution in [3.8, 4) is 6.07 Å². The van der Waals surface area contributed by atoms with E-state index in [0.717, 1.165) is 25.2 Å². The van der Waals surface area contributed by atoms with Gasteiger partial charge in [-0.1, -0.05) is 43.2 Å². The van der Waals surface area contributed by atoms with Crippen molar-refractivity contribution in [1.82, 2.24) is 4.90 Å². The van der Waals surface area contributed by atoms with Gasteiger partial charge in [-0.3, -0.25) is 0 Å². The first kappa shape index (κ1) is 14.0. The van der Waals surface area contributed by atoms with Gasteiger partial charge in [0.15, 0.2) is 0 Å². The molecule has 1 atom stereocenters. The molecule has 1 fully saturated rings. The predicted octanol–water partition coefficient (Wildman–Crippen LogP) is 2.63. The predicted molar refractivity (Wildman–Crippen MR) is 77.4 cm³/mol. The molecule has 1 aromatic carbocycles. The Hall–Kier alpha value is -1.37. The van der Waals surface area contributed by atoms with Gasteiger partial charge >= 0.3 is 0 Å². The molecular formula is C16H23N3. The van der Waals surface area contributed by atoms with Gasteiger partial charge in [0.2, 0.25) is 0 Å². The van der Waals surface area contributed by atoms with Crippen LogP contribution in [0.1, 0.15) is 37.7 Å². The highest BCUT2D eigenvalue weighted by Gasteiger charge is 2.27. The van der Waals surface area contributed by atoms with Crippen LogP contribution in [-0.2, 0) is 5.54 Å². The smallest absolute Gasteiger partial charge is 0.131 e. The van der Waals surface area contributed by atoms with Crippen LogP contribution in [0.4, 0.5) is 0 Å². The maximum absolute atomic E-state index is 9.43. The minimum absolute atomic E-state index is 0.702. The van der Waals surface area contributed by atoms with Crippen molar-refractivity contribution >= 4 is 0 Å². The first-order valence-corrected chi connectivity index (χ1v) is 7.23. The number of hydrogen-bond acceptors (Lipinski definition) is 3. The molecule has 0 spiro atoms. The van der Waals surface area contributed by atoms with Crippen molar-refractivity contribution < 1.29 is 0 Å². The normalized spacial score (nSPS) is 20.2. The van der Waals surface area contributed by atoms with Crippen LogP contribution in [0.2, 0.25) is 0 Å². The molecule has 102 valence electrons. The second-order valence-corrected chi connectivity index (χ2v) is 5.46. The van der Waals surface area contributed by atoms with Crippen LogP contribution in [0.3, 0.4) is 0 Å². The molecule has 2 N–H and O–H groups in total. The number of hydrogen-bond donors (Lipinski definition) is 1. The van der Waals surface area contributed by atoms with Crippen LogP contribution in [-0.4, -0.2) is 24.5 Å². The number of nitrogens with zero attached hydrogens (tertiary/aromatic N) is 2. The van der Waals surface area contributed by atoms with Gasteiger partial charge in [-0.15, -0.1) is 0 Å². The number of rotatable bonds is 4. The average Bonchev–Trinajstić information content (AvgIpc) is 2.74. The highest BCUT2D eigenvalue weighted by molar-refractivity contribution is 5.30. The van der Waals surface area contributed by atoms with Crippen LogP contribution in [0, 0.1) is 11.3 Å². The van der Waals surface area contributed by atoms with Crippen molar-refractivity contribution in [1.29, 1.82) is 5.26 Å². The molecule has 19 heavy (non-hydrogen) atoms. The fourth-order valence-electron chi connectivity index (χ4n) is 2.69. The summed E-state index contributed by atoms with van der Waals surface area (Å²) in [7, 11) is 0. The van der Waals surface area contributed by atoms with Crippen molar-refractivity contribution in [2.45, 2.75) is 37.6 Å². The Morgan fingerprint density at radius 1 is 1.11 bits per heavy atom. The van der Waals surface area contributed by atoms with Gasteiger partial charge in [0, 0.05) is 6.54 Å². The summed E-state index contributed by atoms with van der Waals surface area (Å²) in [6.07, 6.45) is 5.92. The third-order valence-corrected chi connectivity index (χ3v) is 4.01. The lowest BCUT2D eigenvalue weighted by Gasteiger charge is -2.27. The van der Waals surface area contributed by atoms with Gasteiger partial charge in [-0.2, -0.15) is 5.26 Å². The molecule has 1 aliphatic rings. The second-order valence-electron chi connectivity index (χ2n) is 5.46. The lowest BCUT2D eigenvalue weighted by atomic mass is 9.89. The Kier molecular flexibility index (Phi) is 4.95. The summed E-state index contributed by atoms with van der Waals surface area (Å²) < 4.78 is 0. The molecule has 2 rings (SSSR count). The maximum atomic E-state index is 9.43. The van der Waals surface area contributed by atoms with Gasteiger partial charge in [0.1, 0.15) is 5.54 Å². The van der Waals surface area contributed by atoms with Crippen LogP contribution >= 0.6 is 0 Å². The molecule has 0 radical (unpaired) electrons. The fourth-order valence-corrected chi connectivity index (χ4v) is 2.69.